The van der Waals surface area contributed by atoms with Crippen molar-refractivity contribution < 1.29 is 14.6 Å². The van der Waals surface area contributed by atoms with E-state index in [1.165, 1.54) is 6.42 Å². The van der Waals surface area contributed by atoms with Crippen LogP contribution in [0.3, 0.4) is 0 Å². The summed E-state index contributed by atoms with van der Waals surface area (Å²) >= 11 is 3.54. The lowest BCUT2D eigenvalue weighted by Crippen LogP contribution is -2.38. The normalized spacial score (nSPS) is 24.0. The first-order chi connectivity index (χ1) is 9.75. The summed E-state index contributed by atoms with van der Waals surface area (Å²) in [6.45, 7) is 2.31. The monoisotopic (exact) mass is 341 g/mol. The topological polar surface area (TPSA) is 50.7 Å². The van der Waals surface area contributed by atoms with Crippen molar-refractivity contribution in [1.29, 1.82) is 0 Å². The maximum absolute atomic E-state index is 10.6. The summed E-state index contributed by atoms with van der Waals surface area (Å²) in [5.41, 5.74) is 0.869. The lowest BCUT2D eigenvalue weighted by Gasteiger charge is -2.29. The van der Waals surface area contributed by atoms with E-state index in [1.807, 2.05) is 12.1 Å². The summed E-state index contributed by atoms with van der Waals surface area (Å²) in [4.78, 5) is 0. The molecule has 4 nitrogen and oxygen atoms in total. The molecule has 20 heavy (non-hydrogen) atoms. The Hall–Kier alpha value is -0.780. The molecule has 0 bridgehead atoms. The van der Waals surface area contributed by atoms with E-state index in [0.29, 0.717) is 13.2 Å². The van der Waals surface area contributed by atoms with Crippen LogP contribution in [0, 0.1) is 0 Å². The minimum Gasteiger partial charge on any atom is -0.490 e. The summed E-state index contributed by atoms with van der Waals surface area (Å²) in [6, 6.07) is 3.93. The zero-order valence-electron chi connectivity index (χ0n) is 11.4. The Morgan fingerprint density at radius 2 is 1.90 bits per heavy atom. The maximum atomic E-state index is 10.6. The van der Waals surface area contributed by atoms with E-state index in [-0.39, 0.29) is 6.04 Å². The fraction of sp³-hybridized carbons (Fsp3) is 0.600. The zero-order valence-corrected chi connectivity index (χ0v) is 13.0. The SMILES string of the molecule is OC(c1cc2c(cc1Br)OCCCO2)C1CCCCN1. The molecule has 2 atom stereocenters. The van der Waals surface area contributed by atoms with Crippen LogP contribution < -0.4 is 14.8 Å². The van der Waals surface area contributed by atoms with Gasteiger partial charge < -0.3 is 19.9 Å². The molecule has 1 fully saturated rings. The average molecular weight is 342 g/mol. The molecular weight excluding hydrogens is 322 g/mol. The molecule has 1 saturated heterocycles. The minimum atomic E-state index is -0.526. The first-order valence-electron chi connectivity index (χ1n) is 7.26. The summed E-state index contributed by atoms with van der Waals surface area (Å²) < 4.78 is 12.2. The highest BCUT2D eigenvalue weighted by atomic mass is 79.9. The predicted molar refractivity (Wildman–Crippen MR) is 80.4 cm³/mol. The van der Waals surface area contributed by atoms with Gasteiger partial charge in [-0.05, 0) is 31.5 Å². The van der Waals surface area contributed by atoms with Crippen molar-refractivity contribution in [1.82, 2.24) is 5.32 Å². The van der Waals surface area contributed by atoms with Gasteiger partial charge in [0.05, 0.1) is 19.3 Å². The Morgan fingerprint density at radius 3 is 2.60 bits per heavy atom. The van der Waals surface area contributed by atoms with E-state index in [1.54, 1.807) is 0 Å². The standard InChI is InChI=1S/C15H20BrNO3/c16-11-9-14-13(19-6-3-7-20-14)8-10(11)15(18)12-4-1-2-5-17-12/h8-9,12,15,17-18H,1-7H2. The van der Waals surface area contributed by atoms with Crippen LogP contribution in [0.25, 0.3) is 0 Å². The summed E-state index contributed by atoms with van der Waals surface area (Å²) in [7, 11) is 0. The van der Waals surface area contributed by atoms with E-state index in [0.717, 1.165) is 47.3 Å². The van der Waals surface area contributed by atoms with Gasteiger partial charge in [-0.25, -0.2) is 0 Å². The van der Waals surface area contributed by atoms with Crippen LogP contribution in [0.5, 0.6) is 11.5 Å². The fourth-order valence-electron chi connectivity index (χ4n) is 2.79. The number of nitrogens with one attached hydrogen (secondary N) is 1. The van der Waals surface area contributed by atoms with Crippen LogP contribution in [0.2, 0.25) is 0 Å². The molecule has 5 heteroatoms. The second-order valence-electron chi connectivity index (χ2n) is 5.37. The van der Waals surface area contributed by atoms with Gasteiger partial charge in [-0.3, -0.25) is 0 Å². The Kier molecular flexibility index (Phi) is 4.48. The molecule has 2 aliphatic rings. The molecule has 2 aliphatic heterocycles. The van der Waals surface area contributed by atoms with Crippen molar-refractivity contribution in [2.45, 2.75) is 37.8 Å². The number of rotatable bonds is 2. The third-order valence-corrected chi connectivity index (χ3v) is 4.60. The number of ether oxygens (including phenoxy) is 2. The third-order valence-electron chi connectivity index (χ3n) is 3.92. The van der Waals surface area contributed by atoms with Gasteiger partial charge in [0.15, 0.2) is 11.5 Å². The lowest BCUT2D eigenvalue weighted by atomic mass is 9.95. The summed E-state index contributed by atoms with van der Waals surface area (Å²) in [6.07, 6.45) is 3.71. The number of halogens is 1. The highest BCUT2D eigenvalue weighted by Gasteiger charge is 2.26. The van der Waals surface area contributed by atoms with Gasteiger partial charge in [0, 0.05) is 22.5 Å². The Labute approximate surface area is 127 Å². The number of hydrogen-bond acceptors (Lipinski definition) is 4. The second-order valence-corrected chi connectivity index (χ2v) is 6.23. The zero-order chi connectivity index (χ0) is 13.9. The van der Waals surface area contributed by atoms with Crippen molar-refractivity contribution in [3.8, 4) is 11.5 Å². The summed E-state index contributed by atoms with van der Waals surface area (Å²) in [5, 5.41) is 14.0. The lowest BCUT2D eigenvalue weighted by molar-refractivity contribution is 0.113. The van der Waals surface area contributed by atoms with E-state index < -0.39 is 6.10 Å². The number of fused-ring (bicyclic) bond motifs is 1. The molecule has 2 heterocycles. The molecule has 0 aromatic heterocycles. The molecule has 0 saturated carbocycles. The van der Waals surface area contributed by atoms with Gasteiger partial charge in [0.25, 0.3) is 0 Å². The molecular formula is C15H20BrNO3. The molecule has 2 N–H and O–H groups in total. The molecule has 0 spiro atoms. The molecule has 110 valence electrons. The molecule has 0 radical (unpaired) electrons. The number of piperidine rings is 1. The largest absolute Gasteiger partial charge is 0.490 e. The van der Waals surface area contributed by atoms with E-state index in [9.17, 15) is 5.11 Å². The van der Waals surface area contributed by atoms with Crippen molar-refractivity contribution in [2.75, 3.05) is 19.8 Å². The number of aliphatic hydroxyl groups is 1. The fourth-order valence-corrected chi connectivity index (χ4v) is 3.35. The van der Waals surface area contributed by atoms with Gasteiger partial charge >= 0.3 is 0 Å². The van der Waals surface area contributed by atoms with Crippen LogP contribution in [0.1, 0.15) is 37.4 Å². The molecule has 3 rings (SSSR count). The van der Waals surface area contributed by atoms with Gasteiger partial charge in [-0.2, -0.15) is 0 Å². The van der Waals surface area contributed by atoms with Gasteiger partial charge in [0.2, 0.25) is 0 Å². The van der Waals surface area contributed by atoms with Crippen molar-refractivity contribution in [2.24, 2.45) is 0 Å². The van der Waals surface area contributed by atoms with Crippen LogP contribution in [0.4, 0.5) is 0 Å². The average Bonchev–Trinajstić information content (AvgIpc) is 2.71. The highest BCUT2D eigenvalue weighted by Crippen LogP contribution is 2.39. The van der Waals surface area contributed by atoms with E-state index in [4.69, 9.17) is 9.47 Å². The third kappa shape index (κ3) is 2.95. The molecule has 0 amide bonds. The summed E-state index contributed by atoms with van der Waals surface area (Å²) in [5.74, 6) is 1.48. The van der Waals surface area contributed by atoms with Crippen LogP contribution in [-0.2, 0) is 0 Å². The molecule has 0 aliphatic carbocycles. The van der Waals surface area contributed by atoms with Gasteiger partial charge in [0.1, 0.15) is 0 Å². The van der Waals surface area contributed by atoms with Crippen LogP contribution in [-0.4, -0.2) is 30.9 Å². The van der Waals surface area contributed by atoms with Crippen molar-refractivity contribution >= 4 is 15.9 Å². The van der Waals surface area contributed by atoms with Crippen molar-refractivity contribution in [3.05, 3.63) is 22.2 Å². The molecule has 1 aromatic carbocycles. The molecule has 2 unspecified atom stereocenters. The van der Waals surface area contributed by atoms with Crippen molar-refractivity contribution in [3.63, 3.8) is 0 Å². The Balaban J connectivity index is 1.86. The Morgan fingerprint density at radius 1 is 1.15 bits per heavy atom. The maximum Gasteiger partial charge on any atom is 0.162 e. The van der Waals surface area contributed by atoms with Crippen LogP contribution >= 0.6 is 15.9 Å². The van der Waals surface area contributed by atoms with E-state index >= 15 is 0 Å². The van der Waals surface area contributed by atoms with E-state index in [2.05, 4.69) is 21.2 Å². The molecule has 1 aromatic rings. The quantitative estimate of drug-likeness (QED) is 0.868. The minimum absolute atomic E-state index is 0.116. The first kappa shape index (κ1) is 14.2. The number of hydrogen-bond donors (Lipinski definition) is 2. The number of benzene rings is 1. The van der Waals surface area contributed by atoms with Crippen LogP contribution in [0.15, 0.2) is 16.6 Å². The van der Waals surface area contributed by atoms with Gasteiger partial charge in [-0.15, -0.1) is 0 Å². The smallest absolute Gasteiger partial charge is 0.162 e. The number of aliphatic hydroxyl groups excluding tert-OH is 1. The predicted octanol–water partition coefficient (Wildman–Crippen LogP) is 2.79. The highest BCUT2D eigenvalue weighted by molar-refractivity contribution is 9.10. The van der Waals surface area contributed by atoms with Gasteiger partial charge in [-0.1, -0.05) is 22.4 Å². The Bertz CT molecular complexity index is 474. The first-order valence-corrected chi connectivity index (χ1v) is 8.05. The second kappa shape index (κ2) is 6.33.